The standard InChI is InChI=1S/C19H22N2O5/c1-12-5-6-14(10-20-12)19(23)26-11-18(22)21-13(2)16-9-15(24-3)7-8-17(16)25-4/h5-10,13H,11H2,1-4H3,(H,21,22). The second-order valence-electron chi connectivity index (χ2n) is 5.66. The molecule has 1 heterocycles. The Morgan fingerprint density at radius 3 is 2.54 bits per heavy atom. The molecule has 2 rings (SSSR count). The zero-order valence-electron chi connectivity index (χ0n) is 15.2. The number of aromatic nitrogens is 1. The van der Waals surface area contributed by atoms with Gasteiger partial charge in [-0.3, -0.25) is 9.78 Å². The fraction of sp³-hybridized carbons (Fsp3) is 0.316. The molecule has 26 heavy (non-hydrogen) atoms. The minimum atomic E-state index is -0.598. The summed E-state index contributed by atoms with van der Waals surface area (Å²) in [5.41, 5.74) is 1.85. The molecule has 0 bridgehead atoms. The normalized spacial score (nSPS) is 11.4. The molecule has 1 aromatic carbocycles. The number of hydrogen-bond donors (Lipinski definition) is 1. The Morgan fingerprint density at radius 1 is 1.15 bits per heavy atom. The topological polar surface area (TPSA) is 86.8 Å². The number of aryl methyl sites for hydroxylation is 1. The van der Waals surface area contributed by atoms with E-state index in [0.717, 1.165) is 11.3 Å². The highest BCUT2D eigenvalue weighted by atomic mass is 16.5. The van der Waals surface area contributed by atoms with Gasteiger partial charge in [0, 0.05) is 17.5 Å². The SMILES string of the molecule is COc1ccc(OC)c(C(C)NC(=O)COC(=O)c2ccc(C)nc2)c1. The number of carbonyl (C=O) groups excluding carboxylic acids is 2. The summed E-state index contributed by atoms with van der Waals surface area (Å²) in [5.74, 6) is 0.261. The van der Waals surface area contributed by atoms with E-state index in [4.69, 9.17) is 14.2 Å². The number of esters is 1. The molecule has 0 saturated carbocycles. The van der Waals surface area contributed by atoms with E-state index >= 15 is 0 Å². The highest BCUT2D eigenvalue weighted by molar-refractivity contribution is 5.91. The lowest BCUT2D eigenvalue weighted by atomic mass is 10.1. The molecule has 138 valence electrons. The average molecular weight is 358 g/mol. The van der Waals surface area contributed by atoms with Crippen molar-refractivity contribution in [3.8, 4) is 11.5 Å². The molecular formula is C19H22N2O5. The summed E-state index contributed by atoms with van der Waals surface area (Å²) >= 11 is 0. The van der Waals surface area contributed by atoms with Crippen LogP contribution in [0, 0.1) is 6.92 Å². The van der Waals surface area contributed by atoms with Gasteiger partial charge in [-0.05, 0) is 44.2 Å². The fourth-order valence-corrected chi connectivity index (χ4v) is 2.34. The molecule has 0 spiro atoms. The number of methoxy groups -OCH3 is 2. The third-order valence-corrected chi connectivity index (χ3v) is 3.76. The quantitative estimate of drug-likeness (QED) is 0.765. The van der Waals surface area contributed by atoms with Gasteiger partial charge in [-0.25, -0.2) is 4.79 Å². The Labute approximate surface area is 152 Å². The van der Waals surface area contributed by atoms with E-state index in [9.17, 15) is 9.59 Å². The van der Waals surface area contributed by atoms with Crippen LogP contribution in [0.25, 0.3) is 0 Å². The Morgan fingerprint density at radius 2 is 1.92 bits per heavy atom. The number of hydrogen-bond acceptors (Lipinski definition) is 6. The van der Waals surface area contributed by atoms with Gasteiger partial charge < -0.3 is 19.5 Å². The van der Waals surface area contributed by atoms with Gasteiger partial charge in [0.25, 0.3) is 5.91 Å². The molecule has 0 fully saturated rings. The van der Waals surface area contributed by atoms with Gasteiger partial charge in [-0.1, -0.05) is 0 Å². The number of amides is 1. The van der Waals surface area contributed by atoms with Crippen LogP contribution < -0.4 is 14.8 Å². The summed E-state index contributed by atoms with van der Waals surface area (Å²) in [6.45, 7) is 3.24. The van der Waals surface area contributed by atoms with Crippen LogP contribution in [0.3, 0.4) is 0 Å². The molecule has 1 aromatic heterocycles. The molecule has 0 aliphatic heterocycles. The number of nitrogens with one attached hydrogen (secondary N) is 1. The molecule has 1 atom stereocenters. The van der Waals surface area contributed by atoms with Gasteiger partial charge in [0.1, 0.15) is 11.5 Å². The van der Waals surface area contributed by atoms with E-state index in [2.05, 4.69) is 10.3 Å². The van der Waals surface area contributed by atoms with E-state index in [1.165, 1.54) is 6.20 Å². The number of carbonyl (C=O) groups is 2. The minimum absolute atomic E-state index is 0.297. The van der Waals surface area contributed by atoms with Crippen LogP contribution in [-0.4, -0.2) is 37.7 Å². The second kappa shape index (κ2) is 8.84. The first kappa shape index (κ1) is 19.2. The Bertz CT molecular complexity index is 774. The first-order valence-electron chi connectivity index (χ1n) is 8.05. The Kier molecular flexibility index (Phi) is 6.54. The van der Waals surface area contributed by atoms with E-state index in [1.54, 1.807) is 51.5 Å². The van der Waals surface area contributed by atoms with Gasteiger partial charge in [0.05, 0.1) is 25.8 Å². The summed E-state index contributed by atoms with van der Waals surface area (Å²) < 4.78 is 15.5. The smallest absolute Gasteiger partial charge is 0.340 e. The Hall–Kier alpha value is -3.09. The van der Waals surface area contributed by atoms with E-state index < -0.39 is 11.9 Å². The van der Waals surface area contributed by atoms with Crippen molar-refractivity contribution in [3.63, 3.8) is 0 Å². The molecular weight excluding hydrogens is 336 g/mol. The predicted octanol–water partition coefficient (Wildman–Crippen LogP) is 2.44. The maximum atomic E-state index is 12.1. The van der Waals surface area contributed by atoms with E-state index in [0.29, 0.717) is 17.1 Å². The second-order valence-corrected chi connectivity index (χ2v) is 5.66. The van der Waals surface area contributed by atoms with Crippen molar-refractivity contribution in [2.75, 3.05) is 20.8 Å². The molecule has 0 saturated heterocycles. The van der Waals surface area contributed by atoms with Crippen molar-refractivity contribution in [1.82, 2.24) is 10.3 Å². The molecule has 2 aromatic rings. The first-order chi connectivity index (χ1) is 12.4. The molecule has 7 heteroatoms. The zero-order valence-corrected chi connectivity index (χ0v) is 15.2. The predicted molar refractivity (Wildman–Crippen MR) is 95.4 cm³/mol. The van der Waals surface area contributed by atoms with Gasteiger partial charge in [0.15, 0.2) is 6.61 Å². The van der Waals surface area contributed by atoms with Crippen LogP contribution >= 0.6 is 0 Å². The van der Waals surface area contributed by atoms with Crippen LogP contribution in [0.4, 0.5) is 0 Å². The van der Waals surface area contributed by atoms with E-state index in [-0.39, 0.29) is 12.6 Å². The molecule has 0 aliphatic rings. The monoisotopic (exact) mass is 358 g/mol. The lowest BCUT2D eigenvalue weighted by Crippen LogP contribution is -2.31. The summed E-state index contributed by atoms with van der Waals surface area (Å²) in [6, 6.07) is 8.27. The molecule has 0 radical (unpaired) electrons. The van der Waals surface area contributed by atoms with Crippen molar-refractivity contribution >= 4 is 11.9 Å². The highest BCUT2D eigenvalue weighted by Gasteiger charge is 2.17. The lowest BCUT2D eigenvalue weighted by molar-refractivity contribution is -0.124. The highest BCUT2D eigenvalue weighted by Crippen LogP contribution is 2.29. The number of nitrogens with zero attached hydrogens (tertiary/aromatic N) is 1. The van der Waals surface area contributed by atoms with Crippen LogP contribution in [0.5, 0.6) is 11.5 Å². The zero-order chi connectivity index (χ0) is 19.1. The molecule has 1 amide bonds. The lowest BCUT2D eigenvalue weighted by Gasteiger charge is -2.18. The van der Waals surface area contributed by atoms with E-state index in [1.807, 2.05) is 6.92 Å². The van der Waals surface area contributed by atoms with Crippen LogP contribution in [-0.2, 0) is 9.53 Å². The van der Waals surface area contributed by atoms with Crippen LogP contribution in [0.15, 0.2) is 36.5 Å². The summed E-state index contributed by atoms with van der Waals surface area (Å²) in [5, 5.41) is 2.77. The number of benzene rings is 1. The summed E-state index contributed by atoms with van der Waals surface area (Å²) in [7, 11) is 3.12. The maximum absolute atomic E-state index is 12.1. The van der Waals surface area contributed by atoms with Crippen molar-refractivity contribution in [2.24, 2.45) is 0 Å². The van der Waals surface area contributed by atoms with Gasteiger partial charge in [-0.15, -0.1) is 0 Å². The third kappa shape index (κ3) is 4.95. The fourth-order valence-electron chi connectivity index (χ4n) is 2.34. The molecule has 1 unspecified atom stereocenters. The Balaban J connectivity index is 1.95. The minimum Gasteiger partial charge on any atom is -0.497 e. The van der Waals surface area contributed by atoms with Crippen molar-refractivity contribution in [3.05, 3.63) is 53.3 Å². The van der Waals surface area contributed by atoms with Crippen LogP contribution in [0.2, 0.25) is 0 Å². The van der Waals surface area contributed by atoms with Gasteiger partial charge in [0.2, 0.25) is 0 Å². The number of rotatable bonds is 7. The van der Waals surface area contributed by atoms with Crippen molar-refractivity contribution in [1.29, 1.82) is 0 Å². The van der Waals surface area contributed by atoms with Crippen molar-refractivity contribution in [2.45, 2.75) is 19.9 Å². The molecule has 7 nitrogen and oxygen atoms in total. The number of ether oxygens (including phenoxy) is 3. The van der Waals surface area contributed by atoms with Gasteiger partial charge >= 0.3 is 5.97 Å². The number of pyridine rings is 1. The van der Waals surface area contributed by atoms with Gasteiger partial charge in [-0.2, -0.15) is 0 Å². The largest absolute Gasteiger partial charge is 0.497 e. The van der Waals surface area contributed by atoms with Crippen LogP contribution in [0.1, 0.15) is 34.6 Å². The summed E-state index contributed by atoms with van der Waals surface area (Å²) in [4.78, 5) is 28.0. The van der Waals surface area contributed by atoms with Crippen molar-refractivity contribution < 1.29 is 23.8 Å². The summed E-state index contributed by atoms with van der Waals surface area (Å²) in [6.07, 6.45) is 1.42. The molecule has 1 N–H and O–H groups in total. The molecule has 0 aliphatic carbocycles. The average Bonchev–Trinajstić information content (AvgIpc) is 2.66. The maximum Gasteiger partial charge on any atom is 0.340 e. The third-order valence-electron chi connectivity index (χ3n) is 3.76. The first-order valence-corrected chi connectivity index (χ1v) is 8.05.